The summed E-state index contributed by atoms with van der Waals surface area (Å²) in [5, 5.41) is 22.4. The second kappa shape index (κ2) is 10.1. The van der Waals surface area contributed by atoms with Crippen molar-refractivity contribution in [1.29, 1.82) is 0 Å². The van der Waals surface area contributed by atoms with Crippen molar-refractivity contribution < 1.29 is 14.4 Å². The Kier molecular flexibility index (Phi) is 7.29. The first kappa shape index (κ1) is 20.9. The molecule has 10 heteroatoms. The number of rotatable bonds is 8. The van der Waals surface area contributed by atoms with Crippen LogP contribution in [0.25, 0.3) is 0 Å². The Morgan fingerprint density at radius 1 is 1.07 bits per heavy atom. The van der Waals surface area contributed by atoms with Gasteiger partial charge in [-0.15, -0.1) is 0 Å². The fraction of sp³-hybridized carbons (Fsp3) is 0.211. The van der Waals surface area contributed by atoms with Crippen molar-refractivity contribution in [3.8, 4) is 0 Å². The number of anilines is 2. The Morgan fingerprint density at radius 2 is 1.72 bits per heavy atom. The zero-order chi connectivity index (χ0) is 20.6. The van der Waals surface area contributed by atoms with Gasteiger partial charge in [0.25, 0.3) is 0 Å². The van der Waals surface area contributed by atoms with Crippen molar-refractivity contribution in [3.05, 3.63) is 70.0 Å². The number of benzene rings is 2. The molecule has 0 fully saturated rings. The number of nitrogens with one attached hydrogen (secondary N) is 3. The van der Waals surface area contributed by atoms with Gasteiger partial charge in [0.05, 0.1) is 12.6 Å². The highest BCUT2D eigenvalue weighted by atomic mass is 35.5. The molecule has 1 aromatic heterocycles. The smallest absolute Gasteiger partial charge is 0.321 e. The van der Waals surface area contributed by atoms with Gasteiger partial charge in [-0.2, -0.15) is 4.98 Å². The molecule has 0 saturated heterocycles. The molecule has 0 unspecified atom stereocenters. The summed E-state index contributed by atoms with van der Waals surface area (Å²) in [5.41, 5.74) is 1.52. The van der Waals surface area contributed by atoms with Gasteiger partial charge in [0.15, 0.2) is 5.82 Å². The topological polar surface area (TPSA) is 112 Å². The third kappa shape index (κ3) is 6.35. The molecule has 3 rings (SSSR count). The summed E-state index contributed by atoms with van der Waals surface area (Å²) >= 11 is 11.8. The molecule has 0 aliphatic carbocycles. The first-order valence-electron chi connectivity index (χ1n) is 8.79. The number of aliphatic hydroxyl groups is 1. The van der Waals surface area contributed by atoms with E-state index in [1.165, 1.54) is 0 Å². The molecule has 2 aromatic carbocycles. The second-order valence-corrected chi connectivity index (χ2v) is 6.97. The van der Waals surface area contributed by atoms with Gasteiger partial charge in [-0.05, 0) is 42.0 Å². The second-order valence-electron chi connectivity index (χ2n) is 6.10. The van der Waals surface area contributed by atoms with Crippen LogP contribution in [0.5, 0.6) is 0 Å². The lowest BCUT2D eigenvalue weighted by Gasteiger charge is -2.16. The predicted molar refractivity (Wildman–Crippen MR) is 111 cm³/mol. The summed E-state index contributed by atoms with van der Waals surface area (Å²) in [5.74, 6) is 0.298. The summed E-state index contributed by atoms with van der Waals surface area (Å²) in [4.78, 5) is 16.7. The largest absolute Gasteiger partial charge is 0.395 e. The average Bonchev–Trinajstić information content (AvgIpc) is 3.18. The van der Waals surface area contributed by atoms with E-state index >= 15 is 0 Å². The third-order valence-corrected chi connectivity index (χ3v) is 4.41. The van der Waals surface area contributed by atoms with Crippen molar-refractivity contribution in [1.82, 2.24) is 15.5 Å². The molecule has 1 heterocycles. The monoisotopic (exact) mass is 435 g/mol. The number of nitrogens with zero attached hydrogens (tertiary/aromatic N) is 2. The fourth-order valence-corrected chi connectivity index (χ4v) is 2.78. The first-order chi connectivity index (χ1) is 14.0. The molecule has 0 bridgehead atoms. The van der Waals surface area contributed by atoms with Gasteiger partial charge in [-0.25, -0.2) is 4.79 Å². The molecular weight excluding hydrogens is 417 g/mol. The van der Waals surface area contributed by atoms with Gasteiger partial charge < -0.3 is 25.6 Å². The van der Waals surface area contributed by atoms with Crippen LogP contribution in [-0.4, -0.2) is 34.4 Å². The van der Waals surface area contributed by atoms with Crippen LogP contribution in [0.2, 0.25) is 10.0 Å². The van der Waals surface area contributed by atoms with Crippen LogP contribution in [-0.2, 0) is 6.42 Å². The summed E-state index contributed by atoms with van der Waals surface area (Å²) in [6, 6.07) is 13.2. The molecule has 3 aromatic rings. The molecule has 2 amide bonds. The molecule has 8 nitrogen and oxygen atoms in total. The van der Waals surface area contributed by atoms with E-state index in [9.17, 15) is 4.79 Å². The maximum Gasteiger partial charge on any atom is 0.321 e. The van der Waals surface area contributed by atoms with Crippen LogP contribution in [0.3, 0.4) is 0 Å². The number of urea groups is 1. The van der Waals surface area contributed by atoms with Crippen molar-refractivity contribution in [2.75, 3.05) is 23.8 Å². The molecule has 1 atom stereocenters. The number of hydrogen-bond acceptors (Lipinski definition) is 6. The van der Waals surface area contributed by atoms with Crippen molar-refractivity contribution >= 4 is 40.9 Å². The van der Waals surface area contributed by atoms with E-state index < -0.39 is 12.1 Å². The van der Waals surface area contributed by atoms with Crippen LogP contribution < -0.4 is 16.0 Å². The highest BCUT2D eigenvalue weighted by molar-refractivity contribution is 6.30. The summed E-state index contributed by atoms with van der Waals surface area (Å²) in [6.45, 7) is 0.196. The Bertz CT molecular complexity index is 932. The number of halogens is 2. The van der Waals surface area contributed by atoms with E-state index in [-0.39, 0.29) is 19.2 Å². The van der Waals surface area contributed by atoms with Crippen LogP contribution in [0.4, 0.5) is 16.5 Å². The van der Waals surface area contributed by atoms with Crippen molar-refractivity contribution in [3.63, 3.8) is 0 Å². The van der Waals surface area contributed by atoms with E-state index in [1.807, 2.05) is 12.1 Å². The summed E-state index contributed by atoms with van der Waals surface area (Å²) in [6.07, 6.45) is 0.421. The van der Waals surface area contributed by atoms with Gasteiger partial charge in [0, 0.05) is 28.7 Å². The standard InChI is InChI=1S/C19H19Cl2N5O3/c20-13-3-1-12(2-4-13)11-16(17-25-19(29-26-17)22-9-10-27)24-18(28)23-15-7-5-14(21)6-8-15/h1-8,16,27H,9-11H2,(H,22,25,26)(H2,23,24,28)/t16-/m0/s1. The molecule has 0 saturated carbocycles. The van der Waals surface area contributed by atoms with Crippen LogP contribution in [0.1, 0.15) is 17.4 Å². The third-order valence-electron chi connectivity index (χ3n) is 3.90. The van der Waals surface area contributed by atoms with E-state index in [0.29, 0.717) is 28.0 Å². The highest BCUT2D eigenvalue weighted by Crippen LogP contribution is 2.20. The Labute approximate surface area is 177 Å². The van der Waals surface area contributed by atoms with E-state index in [2.05, 4.69) is 26.1 Å². The maximum absolute atomic E-state index is 12.5. The summed E-state index contributed by atoms with van der Waals surface area (Å²) < 4.78 is 5.13. The SMILES string of the molecule is O=C(Nc1ccc(Cl)cc1)N[C@@H](Cc1ccc(Cl)cc1)c1noc(NCCO)n1. The maximum atomic E-state index is 12.5. The zero-order valence-corrected chi connectivity index (χ0v) is 16.7. The minimum Gasteiger partial charge on any atom is -0.395 e. The zero-order valence-electron chi connectivity index (χ0n) is 15.2. The van der Waals surface area contributed by atoms with Gasteiger partial charge >= 0.3 is 12.0 Å². The molecule has 0 spiro atoms. The quantitative estimate of drug-likeness (QED) is 0.426. The van der Waals surface area contributed by atoms with Crippen LogP contribution >= 0.6 is 23.2 Å². The number of carbonyl (C=O) groups is 1. The first-order valence-corrected chi connectivity index (χ1v) is 9.55. The van der Waals surface area contributed by atoms with Crippen LogP contribution in [0, 0.1) is 0 Å². The van der Waals surface area contributed by atoms with Crippen LogP contribution in [0.15, 0.2) is 53.1 Å². The molecule has 4 N–H and O–H groups in total. The number of aliphatic hydroxyl groups excluding tert-OH is 1. The molecule has 0 radical (unpaired) electrons. The van der Waals surface area contributed by atoms with Gasteiger partial charge in [0.1, 0.15) is 0 Å². The van der Waals surface area contributed by atoms with E-state index in [0.717, 1.165) is 5.56 Å². The molecule has 152 valence electrons. The Morgan fingerprint density at radius 3 is 2.38 bits per heavy atom. The molecular formula is C19H19Cl2N5O3. The van der Waals surface area contributed by atoms with E-state index in [4.69, 9.17) is 32.8 Å². The lowest BCUT2D eigenvalue weighted by molar-refractivity contribution is 0.247. The summed E-state index contributed by atoms with van der Waals surface area (Å²) in [7, 11) is 0. The number of carbonyl (C=O) groups excluding carboxylic acids is 1. The lowest BCUT2D eigenvalue weighted by Crippen LogP contribution is -2.34. The van der Waals surface area contributed by atoms with Gasteiger partial charge in [-0.3, -0.25) is 0 Å². The minimum atomic E-state index is -0.558. The normalized spacial score (nSPS) is 11.7. The molecule has 0 aliphatic rings. The predicted octanol–water partition coefficient (Wildman–Crippen LogP) is 3.89. The van der Waals surface area contributed by atoms with Crippen molar-refractivity contribution in [2.24, 2.45) is 0 Å². The van der Waals surface area contributed by atoms with Gasteiger partial charge in [0.2, 0.25) is 0 Å². The average molecular weight is 436 g/mol. The Balaban J connectivity index is 1.74. The van der Waals surface area contributed by atoms with Crippen molar-refractivity contribution in [2.45, 2.75) is 12.5 Å². The van der Waals surface area contributed by atoms with Gasteiger partial charge in [-0.1, -0.05) is 40.5 Å². The lowest BCUT2D eigenvalue weighted by atomic mass is 10.1. The fourth-order valence-electron chi connectivity index (χ4n) is 2.53. The molecule has 29 heavy (non-hydrogen) atoms. The minimum absolute atomic E-state index is 0.0757. The Hall–Kier alpha value is -2.81. The number of aromatic nitrogens is 2. The van der Waals surface area contributed by atoms with E-state index in [1.54, 1.807) is 36.4 Å². The highest BCUT2D eigenvalue weighted by Gasteiger charge is 2.21. The number of hydrogen-bond donors (Lipinski definition) is 4. The molecule has 0 aliphatic heterocycles. The number of amides is 2.